The Morgan fingerprint density at radius 2 is 2.15 bits per heavy atom. The van der Waals surface area contributed by atoms with Gasteiger partial charge in [-0.2, -0.15) is 0 Å². The third-order valence-corrected chi connectivity index (χ3v) is 3.69. The predicted molar refractivity (Wildman–Crippen MR) is 73.3 cm³/mol. The van der Waals surface area contributed by atoms with Crippen LogP contribution in [0.4, 0.5) is 5.82 Å². The number of hydrogen-bond acceptors (Lipinski definition) is 6. The van der Waals surface area contributed by atoms with Crippen LogP contribution in [0.1, 0.15) is 6.04 Å². The average molecular weight is 276 g/mol. The normalized spacial score (nSPS) is 26.0. The van der Waals surface area contributed by atoms with Gasteiger partial charge in [-0.3, -0.25) is 0 Å². The molecule has 20 heavy (non-hydrogen) atoms. The van der Waals surface area contributed by atoms with Gasteiger partial charge < -0.3 is 25.2 Å². The van der Waals surface area contributed by atoms with Crippen molar-refractivity contribution in [2.45, 2.75) is 18.2 Å². The van der Waals surface area contributed by atoms with Crippen molar-refractivity contribution in [1.82, 2.24) is 14.5 Å². The van der Waals surface area contributed by atoms with Crippen molar-refractivity contribution in [3.05, 3.63) is 30.2 Å². The van der Waals surface area contributed by atoms with Crippen LogP contribution < -0.4 is 5.32 Å². The van der Waals surface area contributed by atoms with E-state index >= 15 is 0 Å². The number of aliphatic hydroxyl groups excluding tert-OH is 3. The molecule has 0 radical (unpaired) electrons. The molecule has 0 amide bonds. The zero-order valence-corrected chi connectivity index (χ0v) is 10.9. The SMILES string of the molecule is CNc1ncnc2c1ccn2C1C=C(CO)[C@@H](O)[C@H]1O. The largest absolute Gasteiger partial charge is 0.392 e. The maximum Gasteiger partial charge on any atom is 0.146 e. The lowest BCUT2D eigenvalue weighted by Crippen LogP contribution is -2.30. The zero-order chi connectivity index (χ0) is 14.3. The molecule has 106 valence electrons. The van der Waals surface area contributed by atoms with Crippen molar-refractivity contribution in [2.75, 3.05) is 19.0 Å². The van der Waals surface area contributed by atoms with E-state index in [0.29, 0.717) is 17.0 Å². The molecule has 2 aromatic rings. The molecule has 7 nitrogen and oxygen atoms in total. The molecule has 2 aromatic heterocycles. The summed E-state index contributed by atoms with van der Waals surface area (Å²) in [6.45, 7) is -0.273. The predicted octanol–water partition coefficient (Wildman–Crippen LogP) is -0.332. The number of aliphatic hydroxyl groups is 3. The van der Waals surface area contributed by atoms with Crippen LogP contribution in [0.5, 0.6) is 0 Å². The van der Waals surface area contributed by atoms with Gasteiger partial charge in [-0.25, -0.2) is 9.97 Å². The molecule has 1 unspecified atom stereocenters. The van der Waals surface area contributed by atoms with Crippen LogP contribution in [0, 0.1) is 0 Å². The van der Waals surface area contributed by atoms with Crippen molar-refractivity contribution < 1.29 is 15.3 Å². The summed E-state index contributed by atoms with van der Waals surface area (Å²) in [5.74, 6) is 0.702. The van der Waals surface area contributed by atoms with Crippen LogP contribution in [-0.2, 0) is 0 Å². The Morgan fingerprint density at radius 1 is 1.35 bits per heavy atom. The molecular formula is C13H16N4O3. The number of aromatic nitrogens is 3. The van der Waals surface area contributed by atoms with E-state index in [-0.39, 0.29) is 6.61 Å². The fourth-order valence-electron chi connectivity index (χ4n) is 2.62. The van der Waals surface area contributed by atoms with E-state index in [1.807, 2.05) is 6.07 Å². The maximum absolute atomic E-state index is 10.1. The van der Waals surface area contributed by atoms with Crippen LogP contribution in [0.25, 0.3) is 11.0 Å². The molecule has 7 heteroatoms. The molecule has 0 aliphatic heterocycles. The molecule has 1 aliphatic rings. The van der Waals surface area contributed by atoms with Crippen LogP contribution >= 0.6 is 0 Å². The molecule has 1 aliphatic carbocycles. The molecule has 3 atom stereocenters. The second-order valence-electron chi connectivity index (χ2n) is 4.76. The first-order valence-electron chi connectivity index (χ1n) is 6.34. The second-order valence-corrected chi connectivity index (χ2v) is 4.76. The maximum atomic E-state index is 10.1. The lowest BCUT2D eigenvalue weighted by molar-refractivity contribution is 0.0288. The Hall–Kier alpha value is -1.96. The van der Waals surface area contributed by atoms with E-state index in [4.69, 9.17) is 0 Å². The highest BCUT2D eigenvalue weighted by Crippen LogP contribution is 2.32. The fraction of sp³-hybridized carbons (Fsp3) is 0.385. The van der Waals surface area contributed by atoms with Crippen molar-refractivity contribution in [1.29, 1.82) is 0 Å². The summed E-state index contributed by atoms with van der Waals surface area (Å²) in [7, 11) is 1.77. The van der Waals surface area contributed by atoms with E-state index < -0.39 is 18.2 Å². The monoisotopic (exact) mass is 276 g/mol. The Bertz CT molecular complexity index is 667. The molecule has 0 spiro atoms. The second kappa shape index (κ2) is 4.86. The topological polar surface area (TPSA) is 103 Å². The summed E-state index contributed by atoms with van der Waals surface area (Å²) in [6.07, 6.45) is 2.86. The number of hydrogen-bond donors (Lipinski definition) is 4. The summed E-state index contributed by atoms with van der Waals surface area (Å²) < 4.78 is 1.77. The summed E-state index contributed by atoms with van der Waals surface area (Å²) in [5, 5.41) is 33.0. The van der Waals surface area contributed by atoms with Gasteiger partial charge in [0.15, 0.2) is 0 Å². The summed E-state index contributed by atoms with van der Waals surface area (Å²) in [5.41, 5.74) is 1.09. The molecule has 2 heterocycles. The Morgan fingerprint density at radius 3 is 2.80 bits per heavy atom. The van der Waals surface area contributed by atoms with Gasteiger partial charge in [-0.05, 0) is 11.6 Å². The van der Waals surface area contributed by atoms with Gasteiger partial charge >= 0.3 is 0 Å². The van der Waals surface area contributed by atoms with E-state index in [0.717, 1.165) is 5.39 Å². The molecule has 4 N–H and O–H groups in total. The van der Waals surface area contributed by atoms with Gasteiger partial charge in [-0.15, -0.1) is 0 Å². The molecule has 0 saturated heterocycles. The molecule has 3 rings (SSSR count). The molecule has 0 fully saturated rings. The van der Waals surface area contributed by atoms with Crippen LogP contribution in [-0.4, -0.2) is 55.7 Å². The lowest BCUT2D eigenvalue weighted by atomic mass is 10.1. The first-order chi connectivity index (χ1) is 9.67. The standard InChI is InChI=1S/C13H16N4O3/c1-14-12-8-2-3-17(13(8)16-6-15-12)9-4-7(5-18)10(19)11(9)20/h2-4,6,9-11,18-20H,5H2,1H3,(H,14,15,16)/t9?,10-,11+/m1/s1. The zero-order valence-electron chi connectivity index (χ0n) is 10.9. The molecule has 0 aromatic carbocycles. The number of anilines is 1. The number of nitrogens with one attached hydrogen (secondary N) is 1. The Balaban J connectivity index is 2.10. The van der Waals surface area contributed by atoms with E-state index in [2.05, 4.69) is 15.3 Å². The van der Waals surface area contributed by atoms with Crippen molar-refractivity contribution in [2.24, 2.45) is 0 Å². The lowest BCUT2D eigenvalue weighted by Gasteiger charge is -2.19. The minimum Gasteiger partial charge on any atom is -0.392 e. The smallest absolute Gasteiger partial charge is 0.146 e. The summed E-state index contributed by atoms with van der Waals surface area (Å²) in [4.78, 5) is 8.36. The van der Waals surface area contributed by atoms with E-state index in [9.17, 15) is 15.3 Å². The molecular weight excluding hydrogens is 260 g/mol. The number of nitrogens with zero attached hydrogens (tertiary/aromatic N) is 3. The minimum atomic E-state index is -1.05. The minimum absolute atomic E-state index is 0.273. The number of fused-ring (bicyclic) bond motifs is 1. The Kier molecular flexibility index (Phi) is 3.17. The van der Waals surface area contributed by atoms with Gasteiger partial charge in [0.25, 0.3) is 0 Å². The highest BCUT2D eigenvalue weighted by atomic mass is 16.3. The molecule has 0 saturated carbocycles. The van der Waals surface area contributed by atoms with Gasteiger partial charge in [0, 0.05) is 13.2 Å². The quantitative estimate of drug-likeness (QED) is 0.572. The first-order valence-corrected chi connectivity index (χ1v) is 6.34. The van der Waals surface area contributed by atoms with Gasteiger partial charge in [0.05, 0.1) is 18.0 Å². The van der Waals surface area contributed by atoms with Gasteiger partial charge in [0.1, 0.15) is 30.0 Å². The van der Waals surface area contributed by atoms with Crippen LogP contribution in [0.2, 0.25) is 0 Å². The third kappa shape index (κ3) is 1.79. The number of rotatable bonds is 3. The van der Waals surface area contributed by atoms with Crippen molar-refractivity contribution in [3.8, 4) is 0 Å². The van der Waals surface area contributed by atoms with Gasteiger partial charge in [0.2, 0.25) is 0 Å². The highest BCUT2D eigenvalue weighted by molar-refractivity contribution is 5.87. The summed E-state index contributed by atoms with van der Waals surface area (Å²) in [6, 6.07) is 1.40. The first kappa shape index (κ1) is 13.0. The molecule has 0 bridgehead atoms. The van der Waals surface area contributed by atoms with Gasteiger partial charge in [-0.1, -0.05) is 6.08 Å². The van der Waals surface area contributed by atoms with E-state index in [1.54, 1.807) is 23.9 Å². The van der Waals surface area contributed by atoms with Crippen LogP contribution in [0.3, 0.4) is 0 Å². The Labute approximate surface area is 115 Å². The van der Waals surface area contributed by atoms with Crippen molar-refractivity contribution in [3.63, 3.8) is 0 Å². The fourth-order valence-corrected chi connectivity index (χ4v) is 2.62. The van der Waals surface area contributed by atoms with Crippen LogP contribution in [0.15, 0.2) is 30.2 Å². The third-order valence-electron chi connectivity index (χ3n) is 3.69. The average Bonchev–Trinajstić information content (AvgIpc) is 3.01. The van der Waals surface area contributed by atoms with E-state index in [1.165, 1.54) is 6.33 Å². The highest BCUT2D eigenvalue weighted by Gasteiger charge is 2.35. The van der Waals surface area contributed by atoms with Crippen molar-refractivity contribution >= 4 is 16.9 Å². The summed E-state index contributed by atoms with van der Waals surface area (Å²) >= 11 is 0.